The van der Waals surface area contributed by atoms with Crippen LogP contribution in [0.25, 0.3) is 0 Å². The Balaban J connectivity index is 1.42. The Hall–Kier alpha value is -3.06. The zero-order valence-electron chi connectivity index (χ0n) is 18.2. The third-order valence-corrected chi connectivity index (χ3v) is 6.15. The minimum absolute atomic E-state index is 0.0230. The van der Waals surface area contributed by atoms with Gasteiger partial charge in [0.1, 0.15) is 17.4 Å². The molecule has 0 spiro atoms. The predicted molar refractivity (Wildman–Crippen MR) is 120 cm³/mol. The summed E-state index contributed by atoms with van der Waals surface area (Å²) in [6.45, 7) is 9.18. The van der Waals surface area contributed by atoms with E-state index in [2.05, 4.69) is 24.9 Å². The van der Waals surface area contributed by atoms with Gasteiger partial charge in [0.05, 0.1) is 12.2 Å². The molecule has 0 fully saturated rings. The number of thiazole rings is 1. The van der Waals surface area contributed by atoms with E-state index >= 15 is 0 Å². The Bertz CT molecular complexity index is 1090. The molecule has 31 heavy (non-hydrogen) atoms. The second-order valence-corrected chi connectivity index (χ2v) is 8.80. The summed E-state index contributed by atoms with van der Waals surface area (Å²) in [6.07, 6.45) is 0. The lowest BCUT2D eigenvalue weighted by atomic mass is 10.1. The van der Waals surface area contributed by atoms with E-state index in [0.29, 0.717) is 30.2 Å². The van der Waals surface area contributed by atoms with Gasteiger partial charge in [-0.25, -0.2) is 4.98 Å². The number of rotatable bonds is 7. The Morgan fingerprint density at radius 2 is 1.94 bits per heavy atom. The molecule has 2 heterocycles. The van der Waals surface area contributed by atoms with Crippen LogP contribution in [0, 0.1) is 13.8 Å². The van der Waals surface area contributed by atoms with Crippen molar-refractivity contribution >= 4 is 17.2 Å². The van der Waals surface area contributed by atoms with E-state index in [1.165, 1.54) is 11.1 Å². The quantitative estimate of drug-likeness (QED) is 0.512. The van der Waals surface area contributed by atoms with Crippen LogP contribution in [0.5, 0.6) is 17.2 Å². The van der Waals surface area contributed by atoms with Crippen LogP contribution in [0.2, 0.25) is 0 Å². The molecule has 0 atom stereocenters. The largest absolute Gasteiger partial charge is 0.486 e. The molecule has 2 aromatic carbocycles. The van der Waals surface area contributed by atoms with Crippen LogP contribution in [-0.4, -0.2) is 28.6 Å². The van der Waals surface area contributed by atoms with Gasteiger partial charge in [-0.05, 0) is 69.2 Å². The highest BCUT2D eigenvalue weighted by Gasteiger charge is 2.23. The molecule has 3 aromatic rings. The van der Waals surface area contributed by atoms with Gasteiger partial charge in [-0.2, -0.15) is 0 Å². The first-order valence-corrected chi connectivity index (χ1v) is 11.1. The molecule has 1 aliphatic heterocycles. The molecule has 0 aliphatic carbocycles. The maximum atomic E-state index is 13.1. The first-order chi connectivity index (χ1) is 14.9. The van der Waals surface area contributed by atoms with E-state index < -0.39 is 0 Å². The Morgan fingerprint density at radius 1 is 1.13 bits per heavy atom. The highest BCUT2D eigenvalue weighted by atomic mass is 32.1. The molecule has 1 aromatic heterocycles. The number of benzene rings is 2. The molecular weight excluding hydrogens is 412 g/mol. The van der Waals surface area contributed by atoms with Crippen LogP contribution in [-0.2, 0) is 13.2 Å². The van der Waals surface area contributed by atoms with Crippen molar-refractivity contribution < 1.29 is 19.0 Å². The zero-order valence-corrected chi connectivity index (χ0v) is 19.0. The number of hydrogen-bond donors (Lipinski definition) is 0. The summed E-state index contributed by atoms with van der Waals surface area (Å²) in [5.41, 5.74) is 3.87. The van der Waals surface area contributed by atoms with E-state index in [1.807, 2.05) is 31.4 Å². The third kappa shape index (κ3) is 4.82. The van der Waals surface area contributed by atoms with Gasteiger partial charge in [-0.3, -0.25) is 4.79 Å². The number of carbonyl (C=O) groups is 1. The van der Waals surface area contributed by atoms with Gasteiger partial charge in [0.25, 0.3) is 5.91 Å². The van der Waals surface area contributed by atoms with Crippen LogP contribution in [0.15, 0.2) is 41.8 Å². The van der Waals surface area contributed by atoms with Crippen molar-refractivity contribution in [3.05, 3.63) is 69.2 Å². The van der Waals surface area contributed by atoms with Crippen molar-refractivity contribution in [1.29, 1.82) is 0 Å². The molecule has 0 radical (unpaired) electrons. The lowest BCUT2D eigenvalue weighted by Gasteiger charge is -2.26. The highest BCUT2D eigenvalue weighted by Crippen LogP contribution is 2.33. The summed E-state index contributed by atoms with van der Waals surface area (Å²) < 4.78 is 16.6. The van der Waals surface area contributed by atoms with Crippen LogP contribution in [0.1, 0.15) is 46.0 Å². The lowest BCUT2D eigenvalue weighted by molar-refractivity contribution is 0.0687. The Kier molecular flexibility index (Phi) is 6.13. The number of amides is 1. The van der Waals surface area contributed by atoms with Crippen molar-refractivity contribution in [3.8, 4) is 17.2 Å². The molecule has 0 unspecified atom stereocenters. The van der Waals surface area contributed by atoms with E-state index in [9.17, 15) is 4.79 Å². The van der Waals surface area contributed by atoms with Crippen LogP contribution in [0.4, 0.5) is 0 Å². The molecule has 162 valence electrons. The summed E-state index contributed by atoms with van der Waals surface area (Å²) in [5.74, 6) is 2.05. The maximum Gasteiger partial charge on any atom is 0.254 e. The molecular formula is C24H26N2O4S. The number of aryl methyl sites for hydroxylation is 2. The molecule has 0 saturated carbocycles. The lowest BCUT2D eigenvalue weighted by Crippen LogP contribution is -2.36. The number of nitrogens with zero attached hydrogens (tertiary/aromatic N) is 2. The molecule has 0 bridgehead atoms. The van der Waals surface area contributed by atoms with Gasteiger partial charge in [0.2, 0.25) is 6.79 Å². The SMILES string of the molecule is Cc1ccc(OCc2nc(CN(C(=O)c3ccc4c(c3)OCO4)C(C)C)cs2)cc1C. The standard InChI is InChI=1S/C24H26N2O4S/c1-15(2)26(24(27)18-6-8-21-22(10-18)30-14-29-21)11-19-13-31-23(25-19)12-28-20-7-5-16(3)17(4)9-20/h5-10,13,15H,11-12,14H2,1-4H3. The van der Waals surface area contributed by atoms with Gasteiger partial charge < -0.3 is 19.1 Å². The fourth-order valence-electron chi connectivity index (χ4n) is 3.30. The monoisotopic (exact) mass is 438 g/mol. The fraction of sp³-hybridized carbons (Fsp3) is 0.333. The van der Waals surface area contributed by atoms with Gasteiger partial charge in [0, 0.05) is 17.0 Å². The number of ether oxygens (including phenoxy) is 3. The summed E-state index contributed by atoms with van der Waals surface area (Å²) in [6, 6.07) is 11.4. The highest BCUT2D eigenvalue weighted by molar-refractivity contribution is 7.09. The summed E-state index contributed by atoms with van der Waals surface area (Å²) >= 11 is 1.54. The number of carbonyl (C=O) groups excluding carboxylic acids is 1. The molecule has 6 nitrogen and oxygen atoms in total. The van der Waals surface area contributed by atoms with Gasteiger partial charge in [0.15, 0.2) is 11.5 Å². The van der Waals surface area contributed by atoms with E-state index in [4.69, 9.17) is 14.2 Å². The average molecular weight is 439 g/mol. The van der Waals surface area contributed by atoms with Crippen molar-refractivity contribution in [2.45, 2.75) is 46.9 Å². The van der Waals surface area contributed by atoms with E-state index in [0.717, 1.165) is 16.5 Å². The molecule has 4 rings (SSSR count). The topological polar surface area (TPSA) is 60.9 Å². The second-order valence-electron chi connectivity index (χ2n) is 7.86. The number of aromatic nitrogens is 1. The third-order valence-electron chi connectivity index (χ3n) is 5.28. The van der Waals surface area contributed by atoms with Gasteiger partial charge in [-0.1, -0.05) is 6.07 Å². The van der Waals surface area contributed by atoms with Crippen LogP contribution >= 0.6 is 11.3 Å². The van der Waals surface area contributed by atoms with Crippen LogP contribution in [0.3, 0.4) is 0 Å². The maximum absolute atomic E-state index is 13.1. The summed E-state index contributed by atoms with van der Waals surface area (Å²) in [7, 11) is 0. The molecule has 0 saturated heterocycles. The number of fused-ring (bicyclic) bond motifs is 1. The molecule has 0 N–H and O–H groups in total. The van der Waals surface area contributed by atoms with Crippen molar-refractivity contribution in [1.82, 2.24) is 9.88 Å². The Labute approximate surface area is 186 Å². The second kappa shape index (κ2) is 8.98. The van der Waals surface area contributed by atoms with Crippen molar-refractivity contribution in [2.75, 3.05) is 6.79 Å². The average Bonchev–Trinajstić information content (AvgIpc) is 3.40. The van der Waals surface area contributed by atoms with Crippen LogP contribution < -0.4 is 14.2 Å². The summed E-state index contributed by atoms with van der Waals surface area (Å²) in [5, 5.41) is 2.87. The van der Waals surface area contributed by atoms with Crippen molar-refractivity contribution in [2.24, 2.45) is 0 Å². The fourth-order valence-corrected chi connectivity index (χ4v) is 3.99. The first-order valence-electron chi connectivity index (χ1n) is 10.2. The minimum Gasteiger partial charge on any atom is -0.486 e. The summed E-state index contributed by atoms with van der Waals surface area (Å²) in [4.78, 5) is 19.6. The molecule has 1 amide bonds. The van der Waals surface area contributed by atoms with Gasteiger partial charge >= 0.3 is 0 Å². The first kappa shape index (κ1) is 21.2. The minimum atomic E-state index is -0.0609. The molecule has 7 heteroatoms. The number of hydrogen-bond acceptors (Lipinski definition) is 6. The van der Waals surface area contributed by atoms with E-state index in [-0.39, 0.29) is 18.7 Å². The normalized spacial score (nSPS) is 12.3. The van der Waals surface area contributed by atoms with E-state index in [1.54, 1.807) is 34.4 Å². The smallest absolute Gasteiger partial charge is 0.254 e. The van der Waals surface area contributed by atoms with Crippen molar-refractivity contribution in [3.63, 3.8) is 0 Å². The zero-order chi connectivity index (χ0) is 22.0. The van der Waals surface area contributed by atoms with Gasteiger partial charge in [-0.15, -0.1) is 11.3 Å². The predicted octanol–water partition coefficient (Wildman–Crippen LogP) is 5.12. The molecule has 1 aliphatic rings. The Morgan fingerprint density at radius 3 is 2.71 bits per heavy atom.